The Bertz CT molecular complexity index is 820. The van der Waals surface area contributed by atoms with E-state index in [-0.39, 0.29) is 30.4 Å². The van der Waals surface area contributed by atoms with Gasteiger partial charge < -0.3 is 19.8 Å². The molecule has 140 valence electrons. The second-order valence-electron chi connectivity index (χ2n) is 6.92. The van der Waals surface area contributed by atoms with E-state index >= 15 is 0 Å². The first-order valence-corrected chi connectivity index (χ1v) is 8.75. The molecule has 0 saturated carbocycles. The third-order valence-electron chi connectivity index (χ3n) is 4.47. The molecule has 1 aromatic heterocycles. The van der Waals surface area contributed by atoms with Crippen molar-refractivity contribution in [2.75, 3.05) is 32.1 Å². The van der Waals surface area contributed by atoms with Crippen molar-refractivity contribution < 1.29 is 19.1 Å². The molecule has 0 aliphatic carbocycles. The smallest absolute Gasteiger partial charge is 0.356 e. The molecule has 7 nitrogen and oxygen atoms in total. The molecule has 1 aromatic carbocycles. The second kappa shape index (κ2) is 7.47. The summed E-state index contributed by atoms with van der Waals surface area (Å²) in [6.45, 7) is 7.61. The van der Waals surface area contributed by atoms with Crippen LogP contribution in [-0.2, 0) is 14.3 Å². The number of esters is 1. The molecular weight excluding hydrogens is 334 g/mol. The standard InChI is InChI=1S/C19H25N3O4/c1-11-5-6-15-14(7-11)17(18(20-15)19(24)25-4)21-16(23)10-22-8-12(2)26-13(3)9-22/h5-7,12-13,20H,8-10H2,1-4H3,(H,21,23)/t12-,13+. The highest BCUT2D eigenvalue weighted by molar-refractivity contribution is 6.11. The summed E-state index contributed by atoms with van der Waals surface area (Å²) in [5.41, 5.74) is 2.54. The van der Waals surface area contributed by atoms with Crippen LogP contribution in [0.5, 0.6) is 0 Å². The van der Waals surface area contributed by atoms with E-state index in [1.165, 1.54) is 7.11 Å². The highest BCUT2D eigenvalue weighted by atomic mass is 16.5. The van der Waals surface area contributed by atoms with Gasteiger partial charge in [-0.25, -0.2) is 4.79 Å². The normalized spacial score (nSPS) is 20.9. The fraction of sp³-hybridized carbons (Fsp3) is 0.474. The quantitative estimate of drug-likeness (QED) is 0.819. The topological polar surface area (TPSA) is 83.7 Å². The SMILES string of the molecule is COC(=O)c1[nH]c2ccc(C)cc2c1NC(=O)CN1C[C@@H](C)O[C@@H](C)C1. The molecule has 2 aromatic rings. The van der Waals surface area contributed by atoms with Crippen molar-refractivity contribution in [3.8, 4) is 0 Å². The average molecular weight is 359 g/mol. The maximum atomic E-state index is 12.6. The number of anilines is 1. The van der Waals surface area contributed by atoms with Gasteiger partial charge in [0.2, 0.25) is 5.91 Å². The minimum absolute atomic E-state index is 0.0907. The number of nitrogens with one attached hydrogen (secondary N) is 2. The van der Waals surface area contributed by atoms with Crippen LogP contribution in [-0.4, -0.2) is 60.7 Å². The molecule has 0 radical (unpaired) electrons. The Labute approximate surface area is 152 Å². The molecule has 1 aliphatic rings. The van der Waals surface area contributed by atoms with Crippen molar-refractivity contribution >= 4 is 28.5 Å². The number of hydrogen-bond acceptors (Lipinski definition) is 5. The van der Waals surface area contributed by atoms with Gasteiger partial charge in [-0.2, -0.15) is 0 Å². The molecule has 7 heteroatoms. The summed E-state index contributed by atoms with van der Waals surface area (Å²) < 4.78 is 10.5. The van der Waals surface area contributed by atoms with E-state index in [4.69, 9.17) is 9.47 Å². The van der Waals surface area contributed by atoms with E-state index < -0.39 is 5.97 Å². The Hall–Kier alpha value is -2.38. The number of aryl methyl sites for hydroxylation is 1. The molecule has 1 fully saturated rings. The third kappa shape index (κ3) is 3.89. The summed E-state index contributed by atoms with van der Waals surface area (Å²) in [6.07, 6.45) is 0.181. The van der Waals surface area contributed by atoms with Crippen LogP contribution in [0.2, 0.25) is 0 Å². The number of morpholine rings is 1. The number of aromatic amines is 1. The molecule has 2 heterocycles. The van der Waals surface area contributed by atoms with E-state index in [0.29, 0.717) is 18.8 Å². The molecular formula is C19H25N3O4. The van der Waals surface area contributed by atoms with Crippen molar-refractivity contribution in [3.05, 3.63) is 29.5 Å². The Morgan fingerprint density at radius 3 is 2.65 bits per heavy atom. The summed E-state index contributed by atoms with van der Waals surface area (Å²) in [6, 6.07) is 5.77. The van der Waals surface area contributed by atoms with Crippen molar-refractivity contribution in [2.45, 2.75) is 33.0 Å². The third-order valence-corrected chi connectivity index (χ3v) is 4.47. The van der Waals surface area contributed by atoms with E-state index in [1.807, 2.05) is 39.0 Å². The lowest BCUT2D eigenvalue weighted by Gasteiger charge is -2.34. The summed E-state index contributed by atoms with van der Waals surface area (Å²) in [4.78, 5) is 29.8. The monoisotopic (exact) mass is 359 g/mol. The number of hydrogen-bond donors (Lipinski definition) is 2. The van der Waals surface area contributed by atoms with E-state index in [9.17, 15) is 9.59 Å². The second-order valence-corrected chi connectivity index (χ2v) is 6.92. The Balaban J connectivity index is 1.83. The van der Waals surface area contributed by atoms with Gasteiger partial charge in [-0.3, -0.25) is 9.69 Å². The van der Waals surface area contributed by atoms with Gasteiger partial charge in [-0.05, 0) is 32.9 Å². The Morgan fingerprint density at radius 2 is 2.00 bits per heavy atom. The fourth-order valence-corrected chi connectivity index (χ4v) is 3.49. The van der Waals surface area contributed by atoms with Crippen LogP contribution in [0, 0.1) is 6.92 Å². The molecule has 0 spiro atoms. The van der Waals surface area contributed by atoms with Gasteiger partial charge in [0.05, 0.1) is 31.5 Å². The lowest BCUT2D eigenvalue weighted by atomic mass is 10.1. The predicted molar refractivity (Wildman–Crippen MR) is 99.5 cm³/mol. The van der Waals surface area contributed by atoms with Crippen molar-refractivity contribution in [1.29, 1.82) is 0 Å². The highest BCUT2D eigenvalue weighted by Gasteiger charge is 2.25. The van der Waals surface area contributed by atoms with Gasteiger partial charge in [0.25, 0.3) is 0 Å². The van der Waals surface area contributed by atoms with Gasteiger partial charge in [-0.15, -0.1) is 0 Å². The van der Waals surface area contributed by atoms with E-state index in [0.717, 1.165) is 16.5 Å². The first kappa shape index (κ1) is 18.4. The van der Waals surface area contributed by atoms with Crippen LogP contribution in [0.25, 0.3) is 10.9 Å². The number of aromatic nitrogens is 1. The van der Waals surface area contributed by atoms with Crippen LogP contribution in [0.4, 0.5) is 5.69 Å². The molecule has 2 atom stereocenters. The highest BCUT2D eigenvalue weighted by Crippen LogP contribution is 2.29. The molecule has 0 bridgehead atoms. The molecule has 3 rings (SSSR count). The predicted octanol–water partition coefficient (Wildman–Crippen LogP) is 2.31. The van der Waals surface area contributed by atoms with Gasteiger partial charge in [0.15, 0.2) is 0 Å². The number of methoxy groups -OCH3 is 1. The van der Waals surface area contributed by atoms with Crippen LogP contribution < -0.4 is 5.32 Å². The molecule has 1 saturated heterocycles. The summed E-state index contributed by atoms with van der Waals surface area (Å²) in [5, 5.41) is 3.69. The molecule has 0 unspecified atom stereocenters. The number of nitrogens with zero attached hydrogens (tertiary/aromatic N) is 1. The van der Waals surface area contributed by atoms with Crippen molar-refractivity contribution in [3.63, 3.8) is 0 Å². The van der Waals surface area contributed by atoms with Crippen LogP contribution in [0.15, 0.2) is 18.2 Å². The Morgan fingerprint density at radius 1 is 1.31 bits per heavy atom. The van der Waals surface area contributed by atoms with E-state index in [2.05, 4.69) is 15.2 Å². The average Bonchev–Trinajstić information content (AvgIpc) is 2.91. The summed E-state index contributed by atoms with van der Waals surface area (Å²) in [5.74, 6) is -0.679. The number of carbonyl (C=O) groups excluding carboxylic acids is 2. The minimum atomic E-state index is -0.511. The van der Waals surface area contributed by atoms with E-state index in [1.54, 1.807) is 0 Å². The van der Waals surface area contributed by atoms with Gasteiger partial charge in [0, 0.05) is 24.0 Å². The zero-order valence-electron chi connectivity index (χ0n) is 15.6. The summed E-state index contributed by atoms with van der Waals surface area (Å²) >= 11 is 0. The number of fused-ring (bicyclic) bond motifs is 1. The largest absolute Gasteiger partial charge is 0.464 e. The lowest BCUT2D eigenvalue weighted by molar-refractivity contribution is -0.121. The minimum Gasteiger partial charge on any atom is -0.464 e. The number of carbonyl (C=O) groups is 2. The van der Waals surface area contributed by atoms with Crippen LogP contribution in [0.3, 0.4) is 0 Å². The van der Waals surface area contributed by atoms with Crippen LogP contribution in [0.1, 0.15) is 29.9 Å². The Kier molecular flexibility index (Phi) is 5.29. The van der Waals surface area contributed by atoms with Gasteiger partial charge >= 0.3 is 5.97 Å². The van der Waals surface area contributed by atoms with Gasteiger partial charge in [0.1, 0.15) is 5.69 Å². The van der Waals surface area contributed by atoms with Crippen molar-refractivity contribution in [1.82, 2.24) is 9.88 Å². The summed E-state index contributed by atoms with van der Waals surface area (Å²) in [7, 11) is 1.32. The number of H-pyrrole nitrogens is 1. The maximum Gasteiger partial charge on any atom is 0.356 e. The molecule has 26 heavy (non-hydrogen) atoms. The molecule has 2 N–H and O–H groups in total. The number of rotatable bonds is 4. The van der Waals surface area contributed by atoms with Gasteiger partial charge in [-0.1, -0.05) is 11.6 Å². The first-order valence-electron chi connectivity index (χ1n) is 8.75. The fourth-order valence-electron chi connectivity index (χ4n) is 3.49. The van der Waals surface area contributed by atoms with Crippen LogP contribution >= 0.6 is 0 Å². The zero-order chi connectivity index (χ0) is 18.8. The zero-order valence-corrected chi connectivity index (χ0v) is 15.6. The number of amides is 1. The molecule has 1 aliphatic heterocycles. The molecule has 1 amide bonds. The van der Waals surface area contributed by atoms with Crippen molar-refractivity contribution in [2.24, 2.45) is 0 Å². The lowest BCUT2D eigenvalue weighted by Crippen LogP contribution is -2.48. The maximum absolute atomic E-state index is 12.6. The number of ether oxygens (including phenoxy) is 2. The number of benzene rings is 1. The first-order chi connectivity index (χ1) is 12.4.